The Bertz CT molecular complexity index is 311. The van der Waals surface area contributed by atoms with Crippen LogP contribution in [0.25, 0.3) is 0 Å². The molecule has 1 heterocycles. The van der Waals surface area contributed by atoms with E-state index in [1.807, 2.05) is 0 Å². The van der Waals surface area contributed by atoms with Crippen molar-refractivity contribution in [2.24, 2.45) is 5.92 Å². The van der Waals surface area contributed by atoms with E-state index in [-0.39, 0.29) is 11.7 Å². The van der Waals surface area contributed by atoms with Gasteiger partial charge in [0.15, 0.2) is 0 Å². The lowest BCUT2D eigenvalue weighted by molar-refractivity contribution is -0.0696. The van der Waals surface area contributed by atoms with E-state index in [4.69, 9.17) is 14.0 Å². The van der Waals surface area contributed by atoms with Gasteiger partial charge in [0.05, 0.1) is 5.60 Å². The summed E-state index contributed by atoms with van der Waals surface area (Å²) >= 11 is 0. The van der Waals surface area contributed by atoms with Gasteiger partial charge in [-0.05, 0) is 66.2 Å². The van der Waals surface area contributed by atoms with Crippen LogP contribution in [0.1, 0.15) is 67.2 Å². The maximum absolute atomic E-state index is 5.78. The Morgan fingerprint density at radius 3 is 2.70 bits per heavy atom. The van der Waals surface area contributed by atoms with E-state index in [0.29, 0.717) is 12.5 Å². The minimum atomic E-state index is -0.501. The molecular formula is C16H31BO3. The highest BCUT2D eigenvalue weighted by Gasteiger charge is 2.38. The van der Waals surface area contributed by atoms with Crippen molar-refractivity contribution in [3.05, 3.63) is 11.6 Å². The Morgan fingerprint density at radius 1 is 1.40 bits per heavy atom. The third kappa shape index (κ3) is 7.46. The Balaban J connectivity index is 2.18. The molecule has 1 fully saturated rings. The average molecular weight is 282 g/mol. The second-order valence-corrected chi connectivity index (χ2v) is 6.94. The first-order chi connectivity index (χ1) is 9.28. The van der Waals surface area contributed by atoms with Crippen LogP contribution in [-0.4, -0.2) is 25.6 Å². The van der Waals surface area contributed by atoms with Gasteiger partial charge in [-0.25, -0.2) is 0 Å². The van der Waals surface area contributed by atoms with Gasteiger partial charge in [0, 0.05) is 12.7 Å². The van der Waals surface area contributed by atoms with Crippen LogP contribution >= 0.6 is 0 Å². The number of rotatable bonds is 7. The topological polar surface area (TPSA) is 27.7 Å². The van der Waals surface area contributed by atoms with Crippen LogP contribution in [0.4, 0.5) is 0 Å². The van der Waals surface area contributed by atoms with Crippen LogP contribution in [0.3, 0.4) is 0 Å². The van der Waals surface area contributed by atoms with Gasteiger partial charge in [-0.1, -0.05) is 18.6 Å². The van der Waals surface area contributed by atoms with Gasteiger partial charge in [0.1, 0.15) is 0 Å². The van der Waals surface area contributed by atoms with Gasteiger partial charge in [-0.3, -0.25) is 0 Å². The van der Waals surface area contributed by atoms with E-state index in [1.54, 1.807) is 0 Å². The molecule has 0 spiro atoms. The molecule has 0 aliphatic carbocycles. The summed E-state index contributed by atoms with van der Waals surface area (Å²) in [5.74, 6) is 0.666. The third-order valence-corrected chi connectivity index (χ3v) is 3.61. The molecule has 1 aliphatic rings. The first-order valence-electron chi connectivity index (χ1n) is 7.87. The molecule has 0 saturated carbocycles. The highest BCUT2D eigenvalue weighted by Crippen LogP contribution is 2.26. The highest BCUT2D eigenvalue weighted by atomic mass is 16.7. The van der Waals surface area contributed by atoms with E-state index in [9.17, 15) is 0 Å². The van der Waals surface area contributed by atoms with Crippen LogP contribution in [0.2, 0.25) is 0 Å². The lowest BCUT2D eigenvalue weighted by atomic mass is 9.94. The SMILES string of the molecule is CC(C)=CCCC(C)CCOB1OC(C)CC(C)(C)O1. The zero-order valence-corrected chi connectivity index (χ0v) is 14.1. The summed E-state index contributed by atoms with van der Waals surface area (Å²) in [6.07, 6.45) is 6.82. The Morgan fingerprint density at radius 2 is 2.10 bits per heavy atom. The van der Waals surface area contributed by atoms with Crippen molar-refractivity contribution in [3.63, 3.8) is 0 Å². The summed E-state index contributed by atoms with van der Waals surface area (Å²) < 4.78 is 17.2. The summed E-state index contributed by atoms with van der Waals surface area (Å²) in [5.41, 5.74) is 1.24. The first kappa shape index (κ1) is 17.7. The summed E-state index contributed by atoms with van der Waals surface area (Å²) in [6, 6.07) is 0. The Hall–Kier alpha value is -0.315. The largest absolute Gasteiger partial charge is 0.640 e. The predicted molar refractivity (Wildman–Crippen MR) is 84.5 cm³/mol. The van der Waals surface area contributed by atoms with Crippen LogP contribution in [0.15, 0.2) is 11.6 Å². The standard InChI is InChI=1S/C16H31BO3/c1-13(2)8-7-9-14(3)10-11-18-17-19-15(4)12-16(5,6)20-17/h8,14-15H,7,9-12H2,1-6H3. The van der Waals surface area contributed by atoms with Crippen LogP contribution < -0.4 is 0 Å². The van der Waals surface area contributed by atoms with Crippen molar-refractivity contribution >= 4 is 7.32 Å². The summed E-state index contributed by atoms with van der Waals surface area (Å²) in [7, 11) is -0.501. The second-order valence-electron chi connectivity index (χ2n) is 6.94. The van der Waals surface area contributed by atoms with E-state index in [0.717, 1.165) is 19.3 Å². The van der Waals surface area contributed by atoms with E-state index in [1.165, 1.54) is 12.0 Å². The van der Waals surface area contributed by atoms with Gasteiger partial charge in [-0.15, -0.1) is 0 Å². The molecule has 0 amide bonds. The molecular weight excluding hydrogens is 251 g/mol. The zero-order chi connectivity index (χ0) is 15.2. The highest BCUT2D eigenvalue weighted by molar-refractivity contribution is 6.36. The van der Waals surface area contributed by atoms with E-state index < -0.39 is 7.32 Å². The maximum Gasteiger partial charge on any atom is 0.640 e. The quantitative estimate of drug-likeness (QED) is 0.513. The van der Waals surface area contributed by atoms with Crippen molar-refractivity contribution < 1.29 is 14.0 Å². The summed E-state index contributed by atoms with van der Waals surface area (Å²) in [6.45, 7) is 13.5. The molecule has 1 aliphatic heterocycles. The Kier molecular flexibility index (Phi) is 7.28. The third-order valence-electron chi connectivity index (χ3n) is 3.61. The molecule has 2 atom stereocenters. The minimum absolute atomic E-state index is 0.155. The minimum Gasteiger partial charge on any atom is -0.386 e. The number of hydrogen-bond acceptors (Lipinski definition) is 3. The average Bonchev–Trinajstić information content (AvgIpc) is 2.25. The van der Waals surface area contributed by atoms with Gasteiger partial charge in [0.2, 0.25) is 0 Å². The summed E-state index contributed by atoms with van der Waals surface area (Å²) in [5, 5.41) is 0. The second kappa shape index (κ2) is 8.21. The van der Waals surface area contributed by atoms with Crippen LogP contribution in [-0.2, 0) is 14.0 Å². The van der Waals surface area contributed by atoms with Crippen molar-refractivity contribution in [1.29, 1.82) is 0 Å². The fourth-order valence-electron chi connectivity index (χ4n) is 2.51. The first-order valence-corrected chi connectivity index (χ1v) is 7.87. The molecule has 0 radical (unpaired) electrons. The monoisotopic (exact) mass is 282 g/mol. The summed E-state index contributed by atoms with van der Waals surface area (Å²) in [4.78, 5) is 0. The molecule has 116 valence electrons. The fourth-order valence-corrected chi connectivity index (χ4v) is 2.51. The Labute approximate surface area is 125 Å². The molecule has 1 rings (SSSR count). The molecule has 0 aromatic heterocycles. The number of allylic oxidation sites excluding steroid dienone is 2. The molecule has 3 nitrogen and oxygen atoms in total. The smallest absolute Gasteiger partial charge is 0.386 e. The van der Waals surface area contributed by atoms with Crippen molar-refractivity contribution in [1.82, 2.24) is 0 Å². The van der Waals surface area contributed by atoms with E-state index >= 15 is 0 Å². The fraction of sp³-hybridized carbons (Fsp3) is 0.875. The lowest BCUT2D eigenvalue weighted by Crippen LogP contribution is -2.47. The van der Waals surface area contributed by atoms with Gasteiger partial charge in [0.25, 0.3) is 0 Å². The number of hydrogen-bond donors (Lipinski definition) is 0. The molecule has 0 aromatic rings. The molecule has 1 saturated heterocycles. The van der Waals surface area contributed by atoms with Gasteiger partial charge < -0.3 is 14.0 Å². The predicted octanol–water partition coefficient (Wildman–Crippen LogP) is 4.36. The van der Waals surface area contributed by atoms with Crippen molar-refractivity contribution in [2.45, 2.75) is 78.9 Å². The van der Waals surface area contributed by atoms with Crippen molar-refractivity contribution in [2.75, 3.05) is 6.61 Å². The van der Waals surface area contributed by atoms with Crippen LogP contribution in [0.5, 0.6) is 0 Å². The molecule has 0 aromatic carbocycles. The maximum atomic E-state index is 5.78. The molecule has 4 heteroatoms. The molecule has 0 bridgehead atoms. The zero-order valence-electron chi connectivity index (χ0n) is 14.1. The lowest BCUT2D eigenvalue weighted by Gasteiger charge is -2.37. The van der Waals surface area contributed by atoms with Gasteiger partial charge >= 0.3 is 7.32 Å². The van der Waals surface area contributed by atoms with Gasteiger partial charge in [-0.2, -0.15) is 0 Å². The van der Waals surface area contributed by atoms with E-state index in [2.05, 4.69) is 47.6 Å². The van der Waals surface area contributed by atoms with Crippen LogP contribution in [0, 0.1) is 5.92 Å². The molecule has 2 unspecified atom stereocenters. The molecule has 0 N–H and O–H groups in total. The normalized spacial score (nSPS) is 23.5. The van der Waals surface area contributed by atoms with Crippen molar-refractivity contribution in [3.8, 4) is 0 Å². The molecule has 20 heavy (non-hydrogen) atoms.